The summed E-state index contributed by atoms with van der Waals surface area (Å²) in [5.41, 5.74) is 1.19. The number of fused-ring (bicyclic) bond motifs is 1. The van der Waals surface area contributed by atoms with Gasteiger partial charge in [0.1, 0.15) is 18.1 Å². The lowest BCUT2D eigenvalue weighted by atomic mass is 10.1. The molecule has 0 saturated heterocycles. The zero-order valence-electron chi connectivity index (χ0n) is 11.3. The second-order valence-electron chi connectivity index (χ2n) is 4.22. The third kappa shape index (κ3) is 2.97. The molecule has 6 heteroatoms. The normalized spacial score (nSPS) is 13.7. The van der Waals surface area contributed by atoms with E-state index < -0.39 is 5.97 Å². The first kappa shape index (κ1) is 14.1. The molecule has 1 heterocycles. The molecule has 1 aromatic carbocycles. The minimum absolute atomic E-state index is 0.228. The lowest BCUT2D eigenvalue weighted by Crippen LogP contribution is -2.14. The van der Waals surface area contributed by atoms with E-state index in [1.54, 1.807) is 24.4 Å². The Morgan fingerprint density at radius 2 is 2.25 bits per heavy atom. The zero-order chi connectivity index (χ0) is 14.5. The number of nitrogens with zero attached hydrogens (tertiary/aromatic N) is 1. The molecule has 0 N–H and O–H groups in total. The van der Waals surface area contributed by atoms with Gasteiger partial charge in [-0.05, 0) is 12.1 Å². The van der Waals surface area contributed by atoms with Gasteiger partial charge in [0.15, 0.2) is 0 Å². The van der Waals surface area contributed by atoms with Gasteiger partial charge in [-0.2, -0.15) is 0 Å². The molecule has 0 aliphatic carbocycles. The van der Waals surface area contributed by atoms with Gasteiger partial charge in [0.05, 0.1) is 19.2 Å². The molecule has 106 valence electrons. The molecule has 0 fully saturated rings. The molecule has 20 heavy (non-hydrogen) atoms. The molecular weight excluding hydrogens is 262 g/mol. The molecule has 0 saturated carbocycles. The molecule has 0 aromatic heterocycles. The minimum atomic E-state index is -0.440. The Morgan fingerprint density at radius 3 is 2.90 bits per heavy atom. The summed E-state index contributed by atoms with van der Waals surface area (Å²) in [6.07, 6.45) is 2.29. The number of methoxy groups -OCH3 is 2. The molecule has 6 nitrogen and oxygen atoms in total. The van der Waals surface area contributed by atoms with Crippen LogP contribution in [0.4, 0.5) is 0 Å². The number of rotatable bonds is 4. The molecule has 2 rings (SSSR count). The number of amides is 1. The van der Waals surface area contributed by atoms with Gasteiger partial charge in [-0.15, -0.1) is 0 Å². The van der Waals surface area contributed by atoms with Crippen molar-refractivity contribution in [3.8, 4) is 5.75 Å². The van der Waals surface area contributed by atoms with Crippen LogP contribution < -0.4 is 4.74 Å². The van der Waals surface area contributed by atoms with Gasteiger partial charge < -0.3 is 19.1 Å². The predicted octanol–water partition coefficient (Wildman–Crippen LogP) is 1.31. The van der Waals surface area contributed by atoms with Crippen molar-refractivity contribution in [2.24, 2.45) is 0 Å². The van der Waals surface area contributed by atoms with E-state index in [0.29, 0.717) is 30.0 Å². The third-order valence-electron chi connectivity index (χ3n) is 2.81. The summed E-state index contributed by atoms with van der Waals surface area (Å²) in [6.45, 7) is 0.597. The van der Waals surface area contributed by atoms with Gasteiger partial charge in [-0.25, -0.2) is 4.79 Å². The topological polar surface area (TPSA) is 65.1 Å². The molecule has 1 aliphatic rings. The van der Waals surface area contributed by atoms with Crippen LogP contribution in [0.3, 0.4) is 0 Å². The van der Waals surface area contributed by atoms with Crippen LogP contribution in [-0.4, -0.2) is 38.1 Å². The molecular formula is C14H15NO5. The highest BCUT2D eigenvalue weighted by Gasteiger charge is 2.18. The average Bonchev–Trinajstić information content (AvgIpc) is 2.64. The summed E-state index contributed by atoms with van der Waals surface area (Å²) in [5, 5.41) is 0. The first-order chi connectivity index (χ1) is 9.67. The van der Waals surface area contributed by atoms with Gasteiger partial charge >= 0.3 is 5.97 Å². The van der Waals surface area contributed by atoms with Crippen LogP contribution in [0.1, 0.15) is 15.9 Å². The van der Waals surface area contributed by atoms with E-state index >= 15 is 0 Å². The van der Waals surface area contributed by atoms with Crippen LogP contribution in [0.25, 0.3) is 0 Å². The predicted molar refractivity (Wildman–Crippen MR) is 70.0 cm³/mol. The summed E-state index contributed by atoms with van der Waals surface area (Å²) < 4.78 is 15.4. The second-order valence-corrected chi connectivity index (χ2v) is 4.22. The third-order valence-corrected chi connectivity index (χ3v) is 2.81. The van der Waals surface area contributed by atoms with Crippen molar-refractivity contribution in [1.82, 2.24) is 4.90 Å². The lowest BCUT2D eigenvalue weighted by molar-refractivity contribution is -0.116. The average molecular weight is 277 g/mol. The molecule has 0 unspecified atom stereocenters. The Morgan fingerprint density at radius 1 is 1.45 bits per heavy atom. The van der Waals surface area contributed by atoms with Crippen LogP contribution in [0.5, 0.6) is 5.75 Å². The maximum Gasteiger partial charge on any atom is 0.337 e. The van der Waals surface area contributed by atoms with E-state index in [0.717, 1.165) is 5.56 Å². The van der Waals surface area contributed by atoms with Crippen molar-refractivity contribution in [3.63, 3.8) is 0 Å². The van der Waals surface area contributed by atoms with Gasteiger partial charge in [0.2, 0.25) is 6.41 Å². The van der Waals surface area contributed by atoms with E-state index in [4.69, 9.17) is 9.47 Å². The van der Waals surface area contributed by atoms with E-state index in [1.165, 1.54) is 19.1 Å². The Hall–Kier alpha value is -2.34. The lowest BCUT2D eigenvalue weighted by Gasteiger charge is -2.11. The highest BCUT2D eigenvalue weighted by atomic mass is 16.5. The van der Waals surface area contributed by atoms with Gasteiger partial charge in [0, 0.05) is 18.9 Å². The number of benzene rings is 1. The number of carbonyl (C=O) groups excluding carboxylic acids is 2. The number of esters is 1. The number of hydrogen-bond donors (Lipinski definition) is 0. The van der Waals surface area contributed by atoms with Crippen molar-refractivity contribution in [2.45, 2.75) is 6.54 Å². The van der Waals surface area contributed by atoms with Crippen LogP contribution in [0, 0.1) is 0 Å². The molecule has 1 amide bonds. The number of hydrogen-bond acceptors (Lipinski definition) is 5. The first-order valence-electron chi connectivity index (χ1n) is 5.97. The van der Waals surface area contributed by atoms with Crippen LogP contribution in [-0.2, 0) is 20.8 Å². The first-order valence-corrected chi connectivity index (χ1v) is 5.97. The van der Waals surface area contributed by atoms with Crippen LogP contribution in [0.15, 0.2) is 30.2 Å². The highest BCUT2D eigenvalue weighted by molar-refractivity contribution is 5.90. The summed E-state index contributed by atoms with van der Waals surface area (Å²) in [5.74, 6) is 0.561. The summed E-state index contributed by atoms with van der Waals surface area (Å²) in [4.78, 5) is 24.0. The smallest absolute Gasteiger partial charge is 0.337 e. The minimum Gasteiger partial charge on any atom is -0.465 e. The van der Waals surface area contributed by atoms with Crippen molar-refractivity contribution >= 4 is 12.4 Å². The van der Waals surface area contributed by atoms with E-state index in [-0.39, 0.29) is 6.61 Å². The van der Waals surface area contributed by atoms with E-state index in [9.17, 15) is 9.59 Å². The molecule has 1 aromatic rings. The fraction of sp³-hybridized carbons (Fsp3) is 0.286. The van der Waals surface area contributed by atoms with E-state index in [2.05, 4.69) is 4.74 Å². The SMILES string of the molecule is COCC1=CN(C=O)Cc2ccc(C(=O)OC)cc2O1. The Kier molecular flexibility index (Phi) is 4.37. The van der Waals surface area contributed by atoms with Gasteiger partial charge in [-0.3, -0.25) is 4.79 Å². The zero-order valence-corrected chi connectivity index (χ0v) is 11.3. The summed E-state index contributed by atoms with van der Waals surface area (Å²) in [7, 11) is 2.85. The molecule has 1 aliphatic heterocycles. The van der Waals surface area contributed by atoms with Gasteiger partial charge in [-0.1, -0.05) is 6.07 Å². The van der Waals surface area contributed by atoms with Crippen LogP contribution >= 0.6 is 0 Å². The maximum absolute atomic E-state index is 11.5. The van der Waals surface area contributed by atoms with Crippen molar-refractivity contribution in [3.05, 3.63) is 41.3 Å². The van der Waals surface area contributed by atoms with Gasteiger partial charge in [0.25, 0.3) is 0 Å². The highest BCUT2D eigenvalue weighted by Crippen LogP contribution is 2.27. The molecule has 0 bridgehead atoms. The molecule has 0 radical (unpaired) electrons. The maximum atomic E-state index is 11.5. The quantitative estimate of drug-likeness (QED) is 0.613. The van der Waals surface area contributed by atoms with Crippen LogP contribution in [0.2, 0.25) is 0 Å². The Balaban J connectivity index is 2.37. The molecule has 0 atom stereocenters. The van der Waals surface area contributed by atoms with Crippen molar-refractivity contribution in [2.75, 3.05) is 20.8 Å². The number of ether oxygens (including phenoxy) is 3. The molecule has 0 spiro atoms. The summed E-state index contributed by atoms with van der Waals surface area (Å²) >= 11 is 0. The second kappa shape index (κ2) is 6.21. The van der Waals surface area contributed by atoms with E-state index in [1.807, 2.05) is 0 Å². The fourth-order valence-electron chi connectivity index (χ4n) is 1.90. The largest absolute Gasteiger partial charge is 0.465 e. The Labute approximate surface area is 116 Å². The summed E-state index contributed by atoms with van der Waals surface area (Å²) in [6, 6.07) is 4.97. The standard InChI is InChI=1S/C14H15NO5/c1-18-8-12-7-15(9-16)6-11-4-3-10(14(17)19-2)5-13(11)20-12/h3-5,7,9H,6,8H2,1-2H3. The van der Waals surface area contributed by atoms with Crippen molar-refractivity contribution < 1.29 is 23.8 Å². The number of carbonyl (C=O) groups is 2. The monoisotopic (exact) mass is 277 g/mol. The fourth-order valence-corrected chi connectivity index (χ4v) is 1.90. The Bertz CT molecular complexity index is 552. The van der Waals surface area contributed by atoms with Crippen molar-refractivity contribution in [1.29, 1.82) is 0 Å².